The van der Waals surface area contributed by atoms with Crippen LogP contribution in [0.2, 0.25) is 0 Å². The molecule has 2 rings (SSSR count). The highest BCUT2D eigenvalue weighted by atomic mass is 32.2. The van der Waals surface area contributed by atoms with Gasteiger partial charge in [-0.05, 0) is 30.3 Å². The van der Waals surface area contributed by atoms with E-state index < -0.39 is 31.2 Å². The third-order valence-corrected chi connectivity index (χ3v) is 4.34. The molecular weight excluding hydrogens is 356 g/mol. The zero-order valence-corrected chi connectivity index (χ0v) is 13.5. The van der Waals surface area contributed by atoms with Crippen LogP contribution >= 0.6 is 0 Å². The SMILES string of the molecule is COc1ccc(S(=O)(=O)NNc2ccc([N+](=O)[O-])cc2[N+](=O)[O-])cc1. The monoisotopic (exact) mass is 368 g/mol. The lowest BCUT2D eigenvalue weighted by molar-refractivity contribution is -0.393. The number of non-ortho nitro benzene ring substituents is 1. The van der Waals surface area contributed by atoms with Crippen molar-refractivity contribution in [1.82, 2.24) is 4.83 Å². The molecule has 132 valence electrons. The number of hydrogen-bond acceptors (Lipinski definition) is 8. The van der Waals surface area contributed by atoms with Gasteiger partial charge < -0.3 is 10.2 Å². The molecule has 0 saturated carbocycles. The molecule has 0 heterocycles. The molecule has 2 aromatic rings. The summed E-state index contributed by atoms with van der Waals surface area (Å²) in [5.41, 5.74) is 0.815. The fourth-order valence-corrected chi connectivity index (χ4v) is 2.68. The van der Waals surface area contributed by atoms with Crippen molar-refractivity contribution in [3.63, 3.8) is 0 Å². The number of benzene rings is 2. The zero-order valence-electron chi connectivity index (χ0n) is 12.7. The van der Waals surface area contributed by atoms with Gasteiger partial charge >= 0.3 is 5.69 Å². The van der Waals surface area contributed by atoms with Crippen LogP contribution in [0.4, 0.5) is 17.1 Å². The van der Waals surface area contributed by atoms with E-state index in [-0.39, 0.29) is 10.6 Å². The lowest BCUT2D eigenvalue weighted by Crippen LogP contribution is -2.29. The van der Waals surface area contributed by atoms with Crippen LogP contribution in [-0.2, 0) is 10.0 Å². The quantitative estimate of drug-likeness (QED) is 0.554. The van der Waals surface area contributed by atoms with Crippen molar-refractivity contribution in [2.45, 2.75) is 4.90 Å². The second-order valence-electron chi connectivity index (χ2n) is 4.62. The number of hydrazine groups is 1. The highest BCUT2D eigenvalue weighted by Crippen LogP contribution is 2.28. The van der Waals surface area contributed by atoms with Gasteiger partial charge in [-0.1, -0.05) is 0 Å². The first-order chi connectivity index (χ1) is 11.7. The molecule has 0 bridgehead atoms. The smallest absolute Gasteiger partial charge is 0.300 e. The van der Waals surface area contributed by atoms with Gasteiger partial charge in [-0.15, -0.1) is 4.83 Å². The second kappa shape index (κ2) is 7.11. The van der Waals surface area contributed by atoms with Crippen LogP contribution in [0, 0.1) is 20.2 Å². The van der Waals surface area contributed by atoms with Crippen LogP contribution < -0.4 is 15.0 Å². The van der Waals surface area contributed by atoms with Gasteiger partial charge in [-0.3, -0.25) is 20.2 Å². The van der Waals surface area contributed by atoms with Crippen LogP contribution in [0.1, 0.15) is 0 Å². The Hall–Kier alpha value is -3.25. The molecule has 0 fully saturated rings. The van der Waals surface area contributed by atoms with Crippen molar-refractivity contribution in [2.75, 3.05) is 12.5 Å². The number of nitro groups is 2. The maximum Gasteiger partial charge on any atom is 0.300 e. The van der Waals surface area contributed by atoms with Crippen molar-refractivity contribution in [2.24, 2.45) is 0 Å². The number of ether oxygens (including phenoxy) is 1. The Morgan fingerprint density at radius 3 is 2.16 bits per heavy atom. The number of methoxy groups -OCH3 is 1. The lowest BCUT2D eigenvalue weighted by atomic mass is 10.2. The van der Waals surface area contributed by atoms with E-state index in [1.807, 2.05) is 4.83 Å². The van der Waals surface area contributed by atoms with Crippen molar-refractivity contribution < 1.29 is 23.0 Å². The summed E-state index contributed by atoms with van der Waals surface area (Å²) < 4.78 is 29.3. The van der Waals surface area contributed by atoms with Gasteiger partial charge in [0.15, 0.2) is 0 Å². The number of nitrogens with one attached hydrogen (secondary N) is 2. The Morgan fingerprint density at radius 1 is 1.00 bits per heavy atom. The number of sulfonamides is 1. The third-order valence-electron chi connectivity index (χ3n) is 3.08. The molecule has 0 amide bonds. The number of nitrogens with zero attached hydrogens (tertiary/aromatic N) is 2. The minimum absolute atomic E-state index is 0.106. The number of anilines is 1. The van der Waals surface area contributed by atoms with Crippen molar-refractivity contribution >= 4 is 27.1 Å². The van der Waals surface area contributed by atoms with Crippen molar-refractivity contribution in [3.8, 4) is 5.75 Å². The fourth-order valence-electron chi connectivity index (χ4n) is 1.83. The normalized spacial score (nSPS) is 10.9. The lowest BCUT2D eigenvalue weighted by Gasteiger charge is -2.10. The van der Waals surface area contributed by atoms with Crippen molar-refractivity contribution in [3.05, 3.63) is 62.7 Å². The molecule has 0 aliphatic heterocycles. The Balaban J connectivity index is 2.24. The molecule has 12 heteroatoms. The molecular formula is C13H12N4O7S. The van der Waals surface area contributed by atoms with Gasteiger partial charge in [0, 0.05) is 6.07 Å². The van der Waals surface area contributed by atoms with Crippen molar-refractivity contribution in [1.29, 1.82) is 0 Å². The summed E-state index contributed by atoms with van der Waals surface area (Å²) >= 11 is 0. The summed E-state index contributed by atoms with van der Waals surface area (Å²) in [6.45, 7) is 0. The van der Waals surface area contributed by atoms with Crippen LogP contribution in [0.3, 0.4) is 0 Å². The first kappa shape index (κ1) is 18.1. The first-order valence-electron chi connectivity index (χ1n) is 6.59. The highest BCUT2D eigenvalue weighted by Gasteiger charge is 2.21. The third kappa shape index (κ3) is 4.19. The van der Waals surface area contributed by atoms with E-state index in [2.05, 4.69) is 5.43 Å². The zero-order chi connectivity index (χ0) is 18.6. The van der Waals surface area contributed by atoms with Gasteiger partial charge in [0.25, 0.3) is 15.7 Å². The largest absolute Gasteiger partial charge is 0.497 e. The molecule has 0 spiro atoms. The Bertz CT molecular complexity index is 912. The van der Waals surface area contributed by atoms with E-state index >= 15 is 0 Å². The minimum Gasteiger partial charge on any atom is -0.497 e. The molecule has 0 aromatic heterocycles. The van der Waals surface area contributed by atoms with Gasteiger partial charge in [-0.2, -0.15) is 0 Å². The molecule has 0 atom stereocenters. The van der Waals surface area contributed by atoms with E-state index in [1.165, 1.54) is 31.4 Å². The topological polar surface area (TPSA) is 154 Å². The Kier molecular flexibility index (Phi) is 5.14. The van der Waals surface area contributed by atoms with E-state index in [0.29, 0.717) is 5.75 Å². The van der Waals surface area contributed by atoms with Crippen LogP contribution in [-0.4, -0.2) is 25.4 Å². The summed E-state index contributed by atoms with van der Waals surface area (Å²) in [4.78, 5) is 21.9. The molecule has 0 aliphatic rings. The number of nitro benzene ring substituents is 2. The van der Waals surface area contributed by atoms with Gasteiger partial charge in [0.2, 0.25) is 0 Å². The summed E-state index contributed by atoms with van der Waals surface area (Å²) in [7, 11) is -2.60. The fraction of sp³-hybridized carbons (Fsp3) is 0.0769. The standard InChI is InChI=1S/C13H12N4O7S/c1-24-10-3-5-11(6-4-10)25(22,23)15-14-12-7-2-9(16(18)19)8-13(12)17(20)21/h2-8,14-15H,1H3. The molecule has 0 radical (unpaired) electrons. The van der Waals surface area contributed by atoms with E-state index in [9.17, 15) is 28.6 Å². The Labute approximate surface area is 141 Å². The highest BCUT2D eigenvalue weighted by molar-refractivity contribution is 7.89. The second-order valence-corrected chi connectivity index (χ2v) is 6.30. The maximum absolute atomic E-state index is 12.2. The van der Waals surface area contributed by atoms with Gasteiger partial charge in [0.05, 0.1) is 27.9 Å². The van der Waals surface area contributed by atoms with E-state index in [4.69, 9.17) is 4.74 Å². The molecule has 2 aromatic carbocycles. The van der Waals surface area contributed by atoms with Gasteiger partial charge in [0.1, 0.15) is 11.4 Å². The molecule has 0 unspecified atom stereocenters. The van der Waals surface area contributed by atoms with Crippen LogP contribution in [0.5, 0.6) is 5.75 Å². The van der Waals surface area contributed by atoms with Gasteiger partial charge in [-0.25, -0.2) is 8.42 Å². The summed E-state index contributed by atoms with van der Waals surface area (Å²) in [5.74, 6) is 0.456. The van der Waals surface area contributed by atoms with Crippen LogP contribution in [0.15, 0.2) is 47.4 Å². The average Bonchev–Trinajstić information content (AvgIpc) is 2.59. The average molecular weight is 368 g/mol. The maximum atomic E-state index is 12.2. The Morgan fingerprint density at radius 2 is 1.64 bits per heavy atom. The van der Waals surface area contributed by atoms with Crippen LogP contribution in [0.25, 0.3) is 0 Å². The molecule has 2 N–H and O–H groups in total. The molecule has 25 heavy (non-hydrogen) atoms. The predicted octanol–water partition coefficient (Wildman–Crippen LogP) is 1.82. The summed E-state index contributed by atoms with van der Waals surface area (Å²) in [5, 5.41) is 21.7. The first-order valence-corrected chi connectivity index (χ1v) is 8.07. The van der Waals surface area contributed by atoms with E-state index in [1.54, 1.807) is 0 Å². The summed E-state index contributed by atoms with van der Waals surface area (Å²) in [6.07, 6.45) is 0. The molecule has 0 aliphatic carbocycles. The number of hydrogen-bond donors (Lipinski definition) is 2. The molecule has 0 saturated heterocycles. The molecule has 11 nitrogen and oxygen atoms in total. The predicted molar refractivity (Wildman–Crippen MR) is 86.7 cm³/mol. The van der Waals surface area contributed by atoms with E-state index in [0.717, 1.165) is 18.2 Å². The summed E-state index contributed by atoms with van der Waals surface area (Å²) in [6, 6.07) is 8.21. The minimum atomic E-state index is -4.03. The number of rotatable bonds is 7.